The molecular formula is C24H39N3O3. The third-order valence-electron chi connectivity index (χ3n) is 6.45. The first kappa shape index (κ1) is 22.7. The second kappa shape index (κ2) is 9.88. The Kier molecular flexibility index (Phi) is 7.48. The van der Waals surface area contributed by atoms with Crippen LogP contribution in [0, 0.1) is 5.92 Å². The minimum atomic E-state index is -0.476. The van der Waals surface area contributed by atoms with Crippen LogP contribution in [0.3, 0.4) is 0 Å². The second-order valence-electron chi connectivity index (χ2n) is 10.0. The van der Waals surface area contributed by atoms with Gasteiger partial charge in [0.25, 0.3) is 5.91 Å². The largest absolute Gasteiger partial charge is 0.444 e. The van der Waals surface area contributed by atoms with Crippen molar-refractivity contribution in [1.29, 1.82) is 0 Å². The van der Waals surface area contributed by atoms with E-state index >= 15 is 0 Å². The van der Waals surface area contributed by atoms with Crippen LogP contribution < -0.4 is 0 Å². The first-order chi connectivity index (χ1) is 14.2. The van der Waals surface area contributed by atoms with Crippen LogP contribution in [0.2, 0.25) is 0 Å². The summed E-state index contributed by atoms with van der Waals surface area (Å²) in [6.45, 7) is 7.80. The van der Waals surface area contributed by atoms with Gasteiger partial charge in [-0.2, -0.15) is 0 Å². The minimum absolute atomic E-state index is 0.102. The van der Waals surface area contributed by atoms with Gasteiger partial charge in [0.2, 0.25) is 0 Å². The molecule has 0 bridgehead atoms. The van der Waals surface area contributed by atoms with Crippen molar-refractivity contribution in [3.05, 3.63) is 24.0 Å². The van der Waals surface area contributed by atoms with Gasteiger partial charge in [-0.05, 0) is 58.1 Å². The Bertz CT molecular complexity index is 708. The molecule has 1 saturated carbocycles. The van der Waals surface area contributed by atoms with Crippen LogP contribution in [0.5, 0.6) is 0 Å². The molecule has 2 aliphatic rings. The standard InChI is InChI=1S/C24H39N3O3/c1-24(2,3)30-23(29)26-17-13-20(14-18-26)27-15-8-11-21(27)22(28)25(4)16-12-19-9-6-5-7-10-19/h8,11,15,19-20H,5-7,9-10,12-14,16-18H2,1-4H3. The number of hydrogen-bond acceptors (Lipinski definition) is 3. The monoisotopic (exact) mass is 417 g/mol. The van der Waals surface area contributed by atoms with Gasteiger partial charge in [0.1, 0.15) is 11.3 Å². The lowest BCUT2D eigenvalue weighted by Crippen LogP contribution is -2.42. The highest BCUT2D eigenvalue weighted by Gasteiger charge is 2.29. The second-order valence-corrected chi connectivity index (χ2v) is 10.0. The third-order valence-corrected chi connectivity index (χ3v) is 6.45. The summed E-state index contributed by atoms with van der Waals surface area (Å²) in [6.07, 6.45) is 11.2. The number of piperidine rings is 1. The first-order valence-corrected chi connectivity index (χ1v) is 11.6. The van der Waals surface area contributed by atoms with Gasteiger partial charge < -0.3 is 19.1 Å². The fraction of sp³-hybridized carbons (Fsp3) is 0.750. The number of carbonyl (C=O) groups is 2. The van der Waals surface area contributed by atoms with Crippen molar-refractivity contribution in [2.75, 3.05) is 26.7 Å². The van der Waals surface area contributed by atoms with Gasteiger partial charge in [0.05, 0.1) is 0 Å². The normalized spacial score (nSPS) is 19.0. The van der Waals surface area contributed by atoms with Crippen LogP contribution in [-0.4, -0.2) is 58.7 Å². The van der Waals surface area contributed by atoms with Crippen molar-refractivity contribution >= 4 is 12.0 Å². The fourth-order valence-corrected chi connectivity index (χ4v) is 4.70. The zero-order valence-corrected chi connectivity index (χ0v) is 19.2. The molecule has 1 aliphatic carbocycles. The Hall–Kier alpha value is -1.98. The molecule has 1 aromatic heterocycles. The number of likely N-dealkylation sites (tertiary alicyclic amines) is 1. The minimum Gasteiger partial charge on any atom is -0.444 e. The van der Waals surface area contributed by atoms with Crippen LogP contribution >= 0.6 is 0 Å². The molecule has 2 fully saturated rings. The number of amides is 2. The summed E-state index contributed by atoms with van der Waals surface area (Å²) in [5, 5.41) is 0. The number of ether oxygens (including phenoxy) is 1. The molecular weight excluding hydrogens is 378 g/mol. The lowest BCUT2D eigenvalue weighted by Gasteiger charge is -2.34. The van der Waals surface area contributed by atoms with Crippen LogP contribution in [0.4, 0.5) is 4.79 Å². The Morgan fingerprint density at radius 2 is 1.77 bits per heavy atom. The number of rotatable bonds is 5. The van der Waals surface area contributed by atoms with E-state index < -0.39 is 5.60 Å². The SMILES string of the molecule is CN(CCC1CCCCC1)C(=O)c1cccn1C1CCN(C(=O)OC(C)(C)C)CC1. The lowest BCUT2D eigenvalue weighted by molar-refractivity contribution is 0.0186. The van der Waals surface area contributed by atoms with E-state index in [0.29, 0.717) is 13.1 Å². The van der Waals surface area contributed by atoms with Gasteiger partial charge in [0, 0.05) is 38.9 Å². The van der Waals surface area contributed by atoms with E-state index in [-0.39, 0.29) is 18.0 Å². The number of carbonyl (C=O) groups excluding carboxylic acids is 2. The Labute approximate surface area is 181 Å². The molecule has 0 atom stereocenters. The number of nitrogens with zero attached hydrogens (tertiary/aromatic N) is 3. The summed E-state index contributed by atoms with van der Waals surface area (Å²) in [6, 6.07) is 4.13. The molecule has 0 unspecified atom stereocenters. The van der Waals surface area contributed by atoms with E-state index in [1.165, 1.54) is 32.1 Å². The zero-order valence-electron chi connectivity index (χ0n) is 19.2. The highest BCUT2D eigenvalue weighted by Crippen LogP contribution is 2.28. The van der Waals surface area contributed by atoms with Crippen molar-refractivity contribution in [3.8, 4) is 0 Å². The number of aromatic nitrogens is 1. The van der Waals surface area contributed by atoms with E-state index in [1.54, 1.807) is 4.90 Å². The zero-order chi connectivity index (χ0) is 21.7. The quantitative estimate of drug-likeness (QED) is 0.669. The Morgan fingerprint density at radius 1 is 1.10 bits per heavy atom. The molecule has 1 aromatic rings. The maximum absolute atomic E-state index is 13.1. The Balaban J connectivity index is 1.53. The highest BCUT2D eigenvalue weighted by atomic mass is 16.6. The third kappa shape index (κ3) is 6.02. The summed E-state index contributed by atoms with van der Waals surface area (Å²) in [5.41, 5.74) is 0.285. The van der Waals surface area contributed by atoms with Crippen LogP contribution in [-0.2, 0) is 4.74 Å². The fourth-order valence-electron chi connectivity index (χ4n) is 4.70. The van der Waals surface area contributed by atoms with Crippen LogP contribution in [0.15, 0.2) is 18.3 Å². The molecule has 3 rings (SSSR count). The molecule has 1 saturated heterocycles. The summed E-state index contributed by atoms with van der Waals surface area (Å²) in [5.74, 6) is 0.878. The topological polar surface area (TPSA) is 54.8 Å². The smallest absolute Gasteiger partial charge is 0.410 e. The van der Waals surface area contributed by atoms with Gasteiger partial charge in [-0.1, -0.05) is 32.1 Å². The summed E-state index contributed by atoms with van der Waals surface area (Å²) in [4.78, 5) is 29.1. The Morgan fingerprint density at radius 3 is 2.40 bits per heavy atom. The van der Waals surface area contributed by atoms with Gasteiger partial charge in [-0.3, -0.25) is 4.79 Å². The predicted octanol–water partition coefficient (Wildman–Crippen LogP) is 5.10. The molecule has 6 nitrogen and oxygen atoms in total. The van der Waals surface area contributed by atoms with Crippen molar-refractivity contribution in [2.24, 2.45) is 5.92 Å². The molecule has 168 valence electrons. The van der Waals surface area contributed by atoms with E-state index in [2.05, 4.69) is 4.57 Å². The summed E-state index contributed by atoms with van der Waals surface area (Å²) < 4.78 is 7.61. The van der Waals surface area contributed by atoms with Crippen molar-refractivity contribution < 1.29 is 14.3 Å². The van der Waals surface area contributed by atoms with E-state index in [0.717, 1.165) is 37.4 Å². The molecule has 6 heteroatoms. The summed E-state index contributed by atoms with van der Waals surface area (Å²) in [7, 11) is 1.92. The average molecular weight is 418 g/mol. The lowest BCUT2D eigenvalue weighted by atomic mass is 9.87. The molecule has 1 aliphatic heterocycles. The highest BCUT2D eigenvalue weighted by molar-refractivity contribution is 5.92. The van der Waals surface area contributed by atoms with Crippen molar-refractivity contribution in [1.82, 2.24) is 14.4 Å². The molecule has 0 N–H and O–H groups in total. The van der Waals surface area contributed by atoms with Gasteiger partial charge in [-0.15, -0.1) is 0 Å². The molecule has 0 radical (unpaired) electrons. The predicted molar refractivity (Wildman–Crippen MR) is 119 cm³/mol. The van der Waals surface area contributed by atoms with Crippen molar-refractivity contribution in [3.63, 3.8) is 0 Å². The van der Waals surface area contributed by atoms with Gasteiger partial charge in [0.15, 0.2) is 0 Å². The maximum atomic E-state index is 13.1. The molecule has 2 heterocycles. The number of hydrogen-bond donors (Lipinski definition) is 0. The van der Waals surface area contributed by atoms with Crippen molar-refractivity contribution in [2.45, 2.75) is 83.8 Å². The molecule has 0 spiro atoms. The van der Waals surface area contributed by atoms with E-state index in [1.807, 2.05) is 51.0 Å². The molecule has 30 heavy (non-hydrogen) atoms. The maximum Gasteiger partial charge on any atom is 0.410 e. The molecule has 2 amide bonds. The van der Waals surface area contributed by atoms with Gasteiger partial charge in [-0.25, -0.2) is 4.79 Å². The molecule has 0 aromatic carbocycles. The van der Waals surface area contributed by atoms with E-state index in [9.17, 15) is 9.59 Å². The first-order valence-electron chi connectivity index (χ1n) is 11.6. The van der Waals surface area contributed by atoms with Crippen LogP contribution in [0.25, 0.3) is 0 Å². The average Bonchev–Trinajstić information content (AvgIpc) is 3.21. The van der Waals surface area contributed by atoms with Crippen LogP contribution in [0.1, 0.15) is 88.7 Å². The summed E-state index contributed by atoms with van der Waals surface area (Å²) >= 11 is 0. The van der Waals surface area contributed by atoms with E-state index in [4.69, 9.17) is 4.74 Å². The van der Waals surface area contributed by atoms with Gasteiger partial charge >= 0.3 is 6.09 Å².